The second kappa shape index (κ2) is 25.4. The fourth-order valence-corrected chi connectivity index (χ4v) is 5.75. The van der Waals surface area contributed by atoms with Crippen LogP contribution in [0.1, 0.15) is 68.7 Å². The van der Waals surface area contributed by atoms with E-state index in [1.807, 2.05) is 66.7 Å². The van der Waals surface area contributed by atoms with E-state index in [1.54, 1.807) is 30.3 Å². The van der Waals surface area contributed by atoms with E-state index in [1.165, 1.54) is 36.5 Å². The minimum absolute atomic E-state index is 0.0227. The van der Waals surface area contributed by atoms with E-state index >= 15 is 0 Å². The van der Waals surface area contributed by atoms with Gasteiger partial charge in [-0.15, -0.1) is 0 Å². The van der Waals surface area contributed by atoms with Crippen LogP contribution in [-0.2, 0) is 26.1 Å². The minimum Gasteiger partial charge on any atom is -0.504 e. The molecule has 6 aromatic rings. The molecule has 0 aliphatic carbocycles. The van der Waals surface area contributed by atoms with Crippen molar-refractivity contribution in [2.75, 3.05) is 11.9 Å². The van der Waals surface area contributed by atoms with Crippen LogP contribution in [0.5, 0.6) is 23.0 Å². The fourth-order valence-electron chi connectivity index (χ4n) is 5.36. The highest BCUT2D eigenvalue weighted by molar-refractivity contribution is 9.09. The maximum Gasteiger partial charge on any atom is 0.161 e. The van der Waals surface area contributed by atoms with Gasteiger partial charge in [0.05, 0.1) is 6.61 Å². The number of ether oxygens (including phenoxy) is 3. The van der Waals surface area contributed by atoms with Crippen molar-refractivity contribution in [3.05, 3.63) is 191 Å². The van der Waals surface area contributed by atoms with Gasteiger partial charge in [0.25, 0.3) is 0 Å². The quantitative estimate of drug-likeness (QED) is 0.0529. The van der Waals surface area contributed by atoms with Gasteiger partial charge in [-0.05, 0) is 97.2 Å². The maximum atomic E-state index is 11.1. The number of halogens is 1. The van der Waals surface area contributed by atoms with Crippen LogP contribution >= 0.6 is 15.9 Å². The zero-order valence-electron chi connectivity index (χ0n) is 31.1. The Labute approximate surface area is 333 Å². The highest BCUT2D eigenvalue weighted by atomic mass is 79.9. The molecule has 6 rings (SSSR count). The number of aromatic hydroxyl groups is 1. The number of hydrogen-bond acceptors (Lipinski definition) is 6. The standard InChI is InChI=1S/C24H24O3.C14H12O3.C10H13Br/c25-18-22-14-15-23(27-19-21-12-5-2-6-13-21)24(17-22)26-16-8-7-11-20-9-3-1-4-10-20;15-9-12-6-7-14(13(16)8-12)17-10-11-4-2-1-3-5-11;11-9-5-4-8-10-6-2-1-3-7-10/h1-6,9-10,12-15,17-18H,7-8,11,16,19H2;1-9,16H,10H2;1-3,6-7H,4-5,8-9H2. The van der Waals surface area contributed by atoms with Crippen LogP contribution in [0.2, 0.25) is 0 Å². The molecule has 0 bridgehead atoms. The van der Waals surface area contributed by atoms with E-state index < -0.39 is 0 Å². The number of aldehydes is 2. The Morgan fingerprint density at radius 1 is 0.455 bits per heavy atom. The number of carbonyl (C=O) groups excluding carboxylic acids is 2. The van der Waals surface area contributed by atoms with Gasteiger partial charge < -0.3 is 19.3 Å². The monoisotopic (exact) mass is 800 g/mol. The number of carbonyl (C=O) groups is 2. The Balaban J connectivity index is 0.000000204. The van der Waals surface area contributed by atoms with Crippen LogP contribution in [0.3, 0.4) is 0 Å². The summed E-state index contributed by atoms with van der Waals surface area (Å²) in [5.74, 6) is 1.63. The molecule has 0 aliphatic rings. The van der Waals surface area contributed by atoms with Crippen LogP contribution in [0, 0.1) is 0 Å². The van der Waals surface area contributed by atoms with Crippen LogP contribution in [0.25, 0.3) is 0 Å². The number of aryl methyl sites for hydroxylation is 2. The summed E-state index contributed by atoms with van der Waals surface area (Å²) in [7, 11) is 0. The molecule has 0 spiro atoms. The van der Waals surface area contributed by atoms with E-state index in [0.717, 1.165) is 42.0 Å². The summed E-state index contributed by atoms with van der Waals surface area (Å²) in [5, 5.41) is 10.7. The largest absolute Gasteiger partial charge is 0.504 e. The molecule has 0 fully saturated rings. The van der Waals surface area contributed by atoms with Crippen LogP contribution in [-0.4, -0.2) is 29.6 Å². The zero-order chi connectivity index (χ0) is 38.8. The van der Waals surface area contributed by atoms with Crippen molar-refractivity contribution < 1.29 is 28.9 Å². The van der Waals surface area contributed by atoms with Crippen molar-refractivity contribution in [2.45, 2.75) is 51.7 Å². The van der Waals surface area contributed by atoms with Gasteiger partial charge in [-0.25, -0.2) is 0 Å². The van der Waals surface area contributed by atoms with E-state index in [4.69, 9.17) is 14.2 Å². The van der Waals surface area contributed by atoms with Crippen molar-refractivity contribution in [2.24, 2.45) is 0 Å². The Kier molecular flexibility index (Phi) is 19.4. The van der Waals surface area contributed by atoms with Gasteiger partial charge in [-0.2, -0.15) is 0 Å². The molecule has 7 heteroatoms. The highest BCUT2D eigenvalue weighted by Crippen LogP contribution is 2.29. The van der Waals surface area contributed by atoms with Crippen LogP contribution in [0.4, 0.5) is 0 Å². The lowest BCUT2D eigenvalue weighted by Crippen LogP contribution is -2.03. The molecule has 0 atom stereocenters. The van der Waals surface area contributed by atoms with Gasteiger partial charge in [0.15, 0.2) is 23.0 Å². The Morgan fingerprint density at radius 2 is 0.891 bits per heavy atom. The summed E-state index contributed by atoms with van der Waals surface area (Å²) in [5.41, 5.74) is 5.91. The molecule has 0 radical (unpaired) electrons. The van der Waals surface area contributed by atoms with Crippen molar-refractivity contribution in [3.8, 4) is 23.0 Å². The van der Waals surface area contributed by atoms with Gasteiger partial charge in [0.1, 0.15) is 25.8 Å². The third-order valence-corrected chi connectivity index (χ3v) is 8.91. The molecule has 0 amide bonds. The molecule has 0 heterocycles. The molecule has 0 saturated carbocycles. The second-order valence-corrected chi connectivity index (χ2v) is 13.4. The molecule has 6 nitrogen and oxygen atoms in total. The summed E-state index contributed by atoms with van der Waals surface area (Å²) < 4.78 is 17.3. The molecular weight excluding hydrogens is 752 g/mol. The first-order chi connectivity index (χ1) is 27.1. The van der Waals surface area contributed by atoms with E-state index in [9.17, 15) is 14.7 Å². The molecular formula is C48H49BrO6. The summed E-state index contributed by atoms with van der Waals surface area (Å²) in [4.78, 5) is 21.6. The van der Waals surface area contributed by atoms with Crippen LogP contribution < -0.4 is 14.2 Å². The minimum atomic E-state index is -0.0227. The SMILES string of the molecule is BrCCCCc1ccccc1.O=Cc1ccc(OCc2ccccc2)c(O)c1.O=Cc1ccc(OCc2ccccc2)c(OCCCCc2ccccc2)c1. The Morgan fingerprint density at radius 3 is 1.36 bits per heavy atom. The van der Waals surface area contributed by atoms with E-state index in [2.05, 4.69) is 70.5 Å². The average Bonchev–Trinajstić information content (AvgIpc) is 3.24. The average molecular weight is 802 g/mol. The van der Waals surface area contributed by atoms with Crippen molar-refractivity contribution in [3.63, 3.8) is 0 Å². The normalized spacial score (nSPS) is 10.1. The summed E-state index contributed by atoms with van der Waals surface area (Å²) in [6, 6.07) is 50.6. The number of phenols is 1. The number of benzene rings is 6. The van der Waals surface area contributed by atoms with Gasteiger partial charge in [-0.3, -0.25) is 9.59 Å². The van der Waals surface area contributed by atoms with Crippen molar-refractivity contribution in [1.82, 2.24) is 0 Å². The number of unbranched alkanes of at least 4 members (excludes halogenated alkanes) is 2. The van der Waals surface area contributed by atoms with Crippen molar-refractivity contribution >= 4 is 28.5 Å². The topological polar surface area (TPSA) is 82.1 Å². The molecule has 1 N–H and O–H groups in total. The summed E-state index contributed by atoms with van der Waals surface area (Å²) in [6.45, 7) is 1.44. The predicted molar refractivity (Wildman–Crippen MR) is 225 cm³/mol. The zero-order valence-corrected chi connectivity index (χ0v) is 32.7. The smallest absolute Gasteiger partial charge is 0.161 e. The number of alkyl halides is 1. The van der Waals surface area contributed by atoms with Gasteiger partial charge in [0, 0.05) is 16.5 Å². The van der Waals surface area contributed by atoms with Gasteiger partial charge in [0.2, 0.25) is 0 Å². The van der Waals surface area contributed by atoms with Crippen molar-refractivity contribution in [1.29, 1.82) is 0 Å². The molecule has 0 unspecified atom stereocenters. The summed E-state index contributed by atoms with van der Waals surface area (Å²) >= 11 is 3.42. The fraction of sp³-hybridized carbons (Fsp3) is 0.208. The number of hydrogen-bond donors (Lipinski definition) is 1. The third kappa shape index (κ3) is 16.5. The molecule has 284 valence electrons. The Bertz CT molecular complexity index is 1940. The molecule has 0 aromatic heterocycles. The predicted octanol–water partition coefficient (Wildman–Crippen LogP) is 11.7. The molecule has 0 saturated heterocycles. The lowest BCUT2D eigenvalue weighted by atomic mass is 10.1. The third-order valence-electron chi connectivity index (χ3n) is 8.35. The van der Waals surface area contributed by atoms with Crippen LogP contribution in [0.15, 0.2) is 158 Å². The van der Waals surface area contributed by atoms with Gasteiger partial charge in [-0.1, -0.05) is 137 Å². The number of rotatable bonds is 18. The molecule has 0 aliphatic heterocycles. The summed E-state index contributed by atoms with van der Waals surface area (Å²) in [6.07, 6.45) is 8.31. The molecule has 6 aromatic carbocycles. The second-order valence-electron chi connectivity index (χ2n) is 12.6. The lowest BCUT2D eigenvalue weighted by Gasteiger charge is -2.13. The first-order valence-electron chi connectivity index (χ1n) is 18.6. The van der Waals surface area contributed by atoms with E-state index in [-0.39, 0.29) is 5.75 Å². The highest BCUT2D eigenvalue weighted by Gasteiger charge is 2.08. The first-order valence-corrected chi connectivity index (χ1v) is 19.7. The number of phenolic OH excluding ortho intramolecular Hbond substituents is 1. The first kappa shape index (κ1) is 42.1. The lowest BCUT2D eigenvalue weighted by molar-refractivity contribution is 0.111. The molecule has 55 heavy (non-hydrogen) atoms. The van der Waals surface area contributed by atoms with E-state index in [0.29, 0.717) is 54.5 Å². The van der Waals surface area contributed by atoms with Gasteiger partial charge >= 0.3 is 0 Å². The maximum absolute atomic E-state index is 11.1. The Hall–Kier alpha value is -5.66.